The van der Waals surface area contributed by atoms with E-state index >= 15 is 0 Å². The monoisotopic (exact) mass is 450 g/mol. The molecule has 0 atom stereocenters. The molecule has 32 heavy (non-hydrogen) atoms. The molecule has 1 N–H and O–H groups in total. The van der Waals surface area contributed by atoms with Crippen LogP contribution in [0.2, 0.25) is 5.02 Å². The van der Waals surface area contributed by atoms with Crippen molar-refractivity contribution in [3.63, 3.8) is 0 Å². The smallest absolute Gasteiger partial charge is 0.116 e. The molecular weight excluding hydrogens is 420 g/mol. The molecule has 1 saturated heterocycles. The third-order valence-electron chi connectivity index (χ3n) is 7.23. The lowest BCUT2D eigenvalue weighted by molar-refractivity contribution is 0.0785. The molecule has 0 spiro atoms. The summed E-state index contributed by atoms with van der Waals surface area (Å²) >= 11 is 6.12. The molecule has 1 saturated carbocycles. The molecule has 1 aliphatic carbocycles. The van der Waals surface area contributed by atoms with E-state index in [2.05, 4.69) is 31.8 Å². The van der Waals surface area contributed by atoms with Gasteiger partial charge in [0.05, 0.1) is 5.69 Å². The molecule has 2 aliphatic rings. The third-order valence-corrected chi connectivity index (χ3v) is 7.48. The Kier molecular flexibility index (Phi) is 6.53. The molecule has 0 amide bonds. The first-order chi connectivity index (χ1) is 15.7. The Morgan fingerprint density at radius 2 is 1.75 bits per heavy atom. The summed E-state index contributed by atoms with van der Waals surface area (Å²) < 4.78 is 0. The van der Waals surface area contributed by atoms with Crippen LogP contribution < -0.4 is 0 Å². The first kappa shape index (κ1) is 21.6. The standard InChI is InChI=1S/C25H31ClN6/c1-2-31-13-15-32(16-14-31)21-9-5-19(6-10-21)25-23(22-11-12-27-17-28-22)24(29-30-25)18-3-7-20(26)8-4-18/h3-4,7-8,11-12,17,19,21H,2,5-6,9-10,13-16H2,1H3,(H,29,30). The van der Waals surface area contributed by atoms with Crippen molar-refractivity contribution in [3.8, 4) is 22.5 Å². The van der Waals surface area contributed by atoms with Crippen LogP contribution >= 0.6 is 11.6 Å². The molecule has 6 nitrogen and oxygen atoms in total. The van der Waals surface area contributed by atoms with E-state index in [1.165, 1.54) is 64.1 Å². The number of piperazine rings is 1. The summed E-state index contributed by atoms with van der Waals surface area (Å²) in [6.45, 7) is 8.26. The Bertz CT molecular complexity index is 1000. The number of hydrogen-bond acceptors (Lipinski definition) is 5. The lowest BCUT2D eigenvalue weighted by Crippen LogP contribution is -2.50. The Balaban J connectivity index is 1.37. The first-order valence-electron chi connectivity index (χ1n) is 11.8. The zero-order valence-electron chi connectivity index (χ0n) is 18.7. The molecule has 0 unspecified atom stereocenters. The minimum atomic E-state index is 0.474. The highest BCUT2D eigenvalue weighted by Gasteiger charge is 2.31. The van der Waals surface area contributed by atoms with Gasteiger partial charge < -0.3 is 4.90 Å². The normalized spacial score (nSPS) is 22.8. The predicted octanol–water partition coefficient (Wildman–Crippen LogP) is 4.85. The summed E-state index contributed by atoms with van der Waals surface area (Å²) in [4.78, 5) is 14.0. The van der Waals surface area contributed by atoms with Gasteiger partial charge in [-0.3, -0.25) is 10.00 Å². The van der Waals surface area contributed by atoms with Crippen LogP contribution in [0.5, 0.6) is 0 Å². The Morgan fingerprint density at radius 3 is 2.41 bits per heavy atom. The summed E-state index contributed by atoms with van der Waals surface area (Å²) in [5.74, 6) is 0.474. The van der Waals surface area contributed by atoms with Crippen molar-refractivity contribution in [2.45, 2.75) is 44.6 Å². The Morgan fingerprint density at radius 1 is 1.00 bits per heavy atom. The number of likely N-dealkylation sites (N-methyl/N-ethyl adjacent to an activating group) is 1. The van der Waals surface area contributed by atoms with Gasteiger partial charge >= 0.3 is 0 Å². The minimum absolute atomic E-state index is 0.474. The predicted molar refractivity (Wildman–Crippen MR) is 129 cm³/mol. The SMILES string of the molecule is CCN1CCN(C2CCC(c3[nH]nc(-c4ccc(Cl)cc4)c3-c3ccncn3)CC2)CC1. The highest BCUT2D eigenvalue weighted by Crippen LogP contribution is 2.41. The molecule has 0 bridgehead atoms. The Labute approximate surface area is 195 Å². The van der Waals surface area contributed by atoms with Crippen molar-refractivity contribution >= 4 is 11.6 Å². The number of rotatable bonds is 5. The topological polar surface area (TPSA) is 60.9 Å². The lowest BCUT2D eigenvalue weighted by Gasteiger charge is -2.41. The molecule has 2 aromatic heterocycles. The fourth-order valence-electron chi connectivity index (χ4n) is 5.34. The van der Waals surface area contributed by atoms with Gasteiger partial charge in [0.15, 0.2) is 0 Å². The number of nitrogens with zero attached hydrogens (tertiary/aromatic N) is 5. The second-order valence-corrected chi connectivity index (χ2v) is 9.37. The zero-order valence-corrected chi connectivity index (χ0v) is 19.4. The fourth-order valence-corrected chi connectivity index (χ4v) is 5.47. The van der Waals surface area contributed by atoms with Crippen molar-refractivity contribution in [1.29, 1.82) is 0 Å². The van der Waals surface area contributed by atoms with Crippen LogP contribution in [0, 0.1) is 0 Å². The number of hydrogen-bond donors (Lipinski definition) is 1. The number of benzene rings is 1. The van der Waals surface area contributed by atoms with Crippen LogP contribution in [0.3, 0.4) is 0 Å². The average Bonchev–Trinajstić information content (AvgIpc) is 3.30. The highest BCUT2D eigenvalue weighted by atomic mass is 35.5. The van der Waals surface area contributed by atoms with Crippen LogP contribution in [0.25, 0.3) is 22.5 Å². The van der Waals surface area contributed by atoms with E-state index in [4.69, 9.17) is 16.7 Å². The van der Waals surface area contributed by atoms with E-state index in [0.717, 1.165) is 27.5 Å². The van der Waals surface area contributed by atoms with Gasteiger partial charge in [-0.25, -0.2) is 9.97 Å². The molecule has 7 heteroatoms. The van der Waals surface area contributed by atoms with Gasteiger partial charge in [-0.1, -0.05) is 30.7 Å². The molecule has 1 aromatic carbocycles. The summed E-state index contributed by atoms with van der Waals surface area (Å²) in [6, 6.07) is 10.6. The molecule has 3 aromatic rings. The lowest BCUT2D eigenvalue weighted by atomic mass is 9.81. The van der Waals surface area contributed by atoms with Gasteiger partial charge in [-0.2, -0.15) is 5.10 Å². The van der Waals surface area contributed by atoms with Crippen molar-refractivity contribution in [3.05, 3.63) is 53.6 Å². The van der Waals surface area contributed by atoms with Crippen molar-refractivity contribution in [2.75, 3.05) is 32.7 Å². The summed E-state index contributed by atoms with van der Waals surface area (Å²) in [7, 11) is 0. The minimum Gasteiger partial charge on any atom is -0.301 e. The maximum absolute atomic E-state index is 6.12. The summed E-state index contributed by atoms with van der Waals surface area (Å²) in [5.41, 5.74) is 5.23. The fraction of sp³-hybridized carbons (Fsp3) is 0.480. The second-order valence-electron chi connectivity index (χ2n) is 8.94. The quantitative estimate of drug-likeness (QED) is 0.602. The second kappa shape index (κ2) is 9.69. The van der Waals surface area contributed by atoms with E-state index < -0.39 is 0 Å². The van der Waals surface area contributed by atoms with Crippen LogP contribution in [0.4, 0.5) is 0 Å². The van der Waals surface area contributed by atoms with E-state index in [1.807, 2.05) is 30.3 Å². The molecule has 2 fully saturated rings. The van der Waals surface area contributed by atoms with E-state index in [1.54, 1.807) is 12.5 Å². The van der Waals surface area contributed by atoms with Crippen LogP contribution in [0.1, 0.15) is 44.2 Å². The van der Waals surface area contributed by atoms with Crippen LogP contribution in [0.15, 0.2) is 42.9 Å². The van der Waals surface area contributed by atoms with Crippen LogP contribution in [-0.2, 0) is 0 Å². The molecule has 168 valence electrons. The van der Waals surface area contributed by atoms with Gasteiger partial charge in [0, 0.05) is 66.2 Å². The molecule has 1 aliphatic heterocycles. The van der Waals surface area contributed by atoms with E-state index in [0.29, 0.717) is 12.0 Å². The van der Waals surface area contributed by atoms with E-state index in [9.17, 15) is 0 Å². The maximum atomic E-state index is 6.12. The van der Waals surface area contributed by atoms with Crippen molar-refractivity contribution in [2.24, 2.45) is 0 Å². The summed E-state index contributed by atoms with van der Waals surface area (Å²) in [5, 5.41) is 8.88. The third kappa shape index (κ3) is 4.45. The first-order valence-corrected chi connectivity index (χ1v) is 12.2. The van der Waals surface area contributed by atoms with Crippen LogP contribution in [-0.4, -0.2) is 68.7 Å². The largest absolute Gasteiger partial charge is 0.301 e. The number of H-pyrrole nitrogens is 1. The maximum Gasteiger partial charge on any atom is 0.116 e. The van der Waals surface area contributed by atoms with Gasteiger partial charge in [0.25, 0.3) is 0 Å². The van der Waals surface area contributed by atoms with Gasteiger partial charge in [-0.15, -0.1) is 0 Å². The molecule has 0 radical (unpaired) electrons. The summed E-state index contributed by atoms with van der Waals surface area (Å²) in [6.07, 6.45) is 8.27. The molecule has 5 rings (SSSR count). The molecule has 3 heterocycles. The number of aromatic amines is 1. The van der Waals surface area contributed by atoms with Gasteiger partial charge in [-0.05, 0) is 50.4 Å². The Hall–Kier alpha value is -2.28. The zero-order chi connectivity index (χ0) is 21.9. The van der Waals surface area contributed by atoms with Crippen molar-refractivity contribution in [1.82, 2.24) is 30.0 Å². The van der Waals surface area contributed by atoms with Gasteiger partial charge in [0.1, 0.15) is 12.0 Å². The molecular formula is C25H31ClN6. The van der Waals surface area contributed by atoms with Crippen molar-refractivity contribution < 1.29 is 0 Å². The number of aromatic nitrogens is 4. The highest BCUT2D eigenvalue weighted by molar-refractivity contribution is 6.30. The average molecular weight is 451 g/mol. The number of nitrogens with one attached hydrogen (secondary N) is 1. The van der Waals surface area contributed by atoms with E-state index in [-0.39, 0.29) is 0 Å². The van der Waals surface area contributed by atoms with Gasteiger partial charge in [0.2, 0.25) is 0 Å². The number of halogens is 1.